The summed E-state index contributed by atoms with van der Waals surface area (Å²) in [6.07, 6.45) is 2.50. The van der Waals surface area contributed by atoms with Crippen LogP contribution in [0.15, 0.2) is 0 Å². The van der Waals surface area contributed by atoms with Crippen molar-refractivity contribution in [2.75, 3.05) is 19.0 Å². The molecular weight excluding hydrogens is 206 g/mol. The molecule has 0 saturated heterocycles. The molecule has 1 atom stereocenters. The molecule has 0 amide bonds. The first-order valence-electron chi connectivity index (χ1n) is 6.35. The summed E-state index contributed by atoms with van der Waals surface area (Å²) in [5, 5.41) is 0. The largest absolute Gasteiger partial charge is 0.300 e. The quantitative estimate of drug-likeness (QED) is 0.573. The number of rotatable bonds is 8. The van der Waals surface area contributed by atoms with Crippen LogP contribution in [0.1, 0.15) is 47.5 Å². The van der Waals surface area contributed by atoms with Gasteiger partial charge in [0.25, 0.3) is 0 Å². The van der Waals surface area contributed by atoms with Crippen LogP contribution >= 0.6 is 11.6 Å². The van der Waals surface area contributed by atoms with Crippen LogP contribution in [0, 0.1) is 11.8 Å². The fourth-order valence-corrected chi connectivity index (χ4v) is 2.19. The van der Waals surface area contributed by atoms with Crippen LogP contribution in [0.4, 0.5) is 0 Å². The van der Waals surface area contributed by atoms with Crippen molar-refractivity contribution in [3.63, 3.8) is 0 Å². The standard InChI is InChI=1S/C13H28ClN/c1-6-13(7-2)15(9-11(3)4)10-12(5)8-14/h11-13H,6-10H2,1-5H3. The van der Waals surface area contributed by atoms with E-state index in [2.05, 4.69) is 39.5 Å². The number of hydrogen-bond donors (Lipinski definition) is 0. The lowest BCUT2D eigenvalue weighted by Crippen LogP contribution is -2.40. The first-order chi connectivity index (χ1) is 7.04. The van der Waals surface area contributed by atoms with E-state index < -0.39 is 0 Å². The number of halogens is 1. The summed E-state index contributed by atoms with van der Waals surface area (Å²) in [6, 6.07) is 0.734. The molecule has 0 saturated carbocycles. The van der Waals surface area contributed by atoms with Gasteiger partial charge in [-0.1, -0.05) is 34.6 Å². The van der Waals surface area contributed by atoms with Gasteiger partial charge < -0.3 is 0 Å². The Balaban J connectivity index is 4.27. The summed E-state index contributed by atoms with van der Waals surface area (Å²) in [4.78, 5) is 2.62. The third kappa shape index (κ3) is 6.42. The Morgan fingerprint density at radius 3 is 1.87 bits per heavy atom. The predicted octanol–water partition coefficient (Wildman–Crippen LogP) is 4.01. The lowest BCUT2D eigenvalue weighted by atomic mass is 10.1. The van der Waals surface area contributed by atoms with Crippen molar-refractivity contribution in [3.8, 4) is 0 Å². The average Bonchev–Trinajstić information content (AvgIpc) is 2.18. The van der Waals surface area contributed by atoms with E-state index in [0.29, 0.717) is 5.92 Å². The van der Waals surface area contributed by atoms with E-state index in [1.807, 2.05) is 0 Å². The molecule has 0 bridgehead atoms. The van der Waals surface area contributed by atoms with E-state index in [1.54, 1.807) is 0 Å². The third-order valence-electron chi connectivity index (χ3n) is 2.87. The Bertz CT molecular complexity index is 143. The molecule has 2 heteroatoms. The molecule has 92 valence electrons. The lowest BCUT2D eigenvalue weighted by molar-refractivity contribution is 0.149. The van der Waals surface area contributed by atoms with E-state index in [1.165, 1.54) is 19.4 Å². The van der Waals surface area contributed by atoms with Crippen LogP contribution < -0.4 is 0 Å². The highest BCUT2D eigenvalue weighted by molar-refractivity contribution is 6.18. The van der Waals surface area contributed by atoms with Crippen molar-refractivity contribution >= 4 is 11.6 Å². The molecule has 0 aliphatic carbocycles. The second-order valence-electron chi connectivity index (χ2n) is 5.08. The molecule has 0 radical (unpaired) electrons. The minimum atomic E-state index is 0.603. The van der Waals surface area contributed by atoms with Crippen LogP contribution in [0.5, 0.6) is 0 Å². The highest BCUT2D eigenvalue weighted by Crippen LogP contribution is 2.14. The molecule has 1 unspecified atom stereocenters. The SMILES string of the molecule is CCC(CC)N(CC(C)C)CC(C)CCl. The Morgan fingerprint density at radius 1 is 1.00 bits per heavy atom. The van der Waals surface area contributed by atoms with Gasteiger partial charge >= 0.3 is 0 Å². The summed E-state index contributed by atoms with van der Waals surface area (Å²) in [5.41, 5.74) is 0. The van der Waals surface area contributed by atoms with Crippen molar-refractivity contribution < 1.29 is 0 Å². The Morgan fingerprint density at radius 2 is 1.53 bits per heavy atom. The zero-order valence-electron chi connectivity index (χ0n) is 11.1. The summed E-state index contributed by atoms with van der Waals surface area (Å²) in [7, 11) is 0. The van der Waals surface area contributed by atoms with Gasteiger partial charge in [0.15, 0.2) is 0 Å². The second kappa shape index (κ2) is 8.41. The maximum Gasteiger partial charge on any atom is 0.0261 e. The molecule has 0 aromatic heterocycles. The maximum absolute atomic E-state index is 5.90. The second-order valence-corrected chi connectivity index (χ2v) is 5.39. The molecule has 0 aromatic rings. The molecule has 0 heterocycles. The molecule has 0 rings (SSSR count). The van der Waals surface area contributed by atoms with E-state index in [9.17, 15) is 0 Å². The molecular formula is C13H28ClN. The molecule has 0 aliphatic heterocycles. The van der Waals surface area contributed by atoms with Crippen LogP contribution in [-0.4, -0.2) is 29.9 Å². The summed E-state index contributed by atoms with van der Waals surface area (Å²) < 4.78 is 0. The number of alkyl halides is 1. The summed E-state index contributed by atoms with van der Waals surface area (Å²) >= 11 is 5.90. The summed E-state index contributed by atoms with van der Waals surface area (Å²) in [6.45, 7) is 13.7. The van der Waals surface area contributed by atoms with Gasteiger partial charge in [-0.2, -0.15) is 0 Å². The average molecular weight is 234 g/mol. The minimum Gasteiger partial charge on any atom is -0.300 e. The molecule has 0 spiro atoms. The van der Waals surface area contributed by atoms with Gasteiger partial charge in [-0.3, -0.25) is 4.90 Å². The Hall–Kier alpha value is 0.250. The third-order valence-corrected chi connectivity index (χ3v) is 3.39. The Labute approximate surface area is 101 Å². The first kappa shape index (κ1) is 15.2. The normalized spacial score (nSPS) is 14.2. The number of nitrogens with zero attached hydrogens (tertiary/aromatic N) is 1. The zero-order valence-corrected chi connectivity index (χ0v) is 11.8. The summed E-state index contributed by atoms with van der Waals surface area (Å²) in [5.74, 6) is 2.12. The van der Waals surface area contributed by atoms with Crippen molar-refractivity contribution in [3.05, 3.63) is 0 Å². The molecule has 15 heavy (non-hydrogen) atoms. The van der Waals surface area contributed by atoms with E-state index in [-0.39, 0.29) is 0 Å². The fraction of sp³-hybridized carbons (Fsp3) is 1.00. The van der Waals surface area contributed by atoms with Crippen LogP contribution in [0.3, 0.4) is 0 Å². The smallest absolute Gasteiger partial charge is 0.0261 e. The maximum atomic E-state index is 5.90. The van der Waals surface area contributed by atoms with Gasteiger partial charge in [0, 0.05) is 25.0 Å². The molecule has 1 nitrogen and oxygen atoms in total. The topological polar surface area (TPSA) is 3.24 Å². The molecule has 0 N–H and O–H groups in total. The predicted molar refractivity (Wildman–Crippen MR) is 70.7 cm³/mol. The highest BCUT2D eigenvalue weighted by Gasteiger charge is 2.18. The highest BCUT2D eigenvalue weighted by atomic mass is 35.5. The molecule has 0 aliphatic rings. The van der Waals surface area contributed by atoms with Gasteiger partial charge in [0.05, 0.1) is 0 Å². The molecule has 0 fully saturated rings. The van der Waals surface area contributed by atoms with Gasteiger partial charge in [0.1, 0.15) is 0 Å². The monoisotopic (exact) mass is 233 g/mol. The van der Waals surface area contributed by atoms with E-state index >= 15 is 0 Å². The first-order valence-corrected chi connectivity index (χ1v) is 6.88. The Kier molecular flexibility index (Phi) is 8.55. The van der Waals surface area contributed by atoms with Gasteiger partial charge in [-0.05, 0) is 24.7 Å². The van der Waals surface area contributed by atoms with Gasteiger partial charge in [-0.25, -0.2) is 0 Å². The zero-order chi connectivity index (χ0) is 11.8. The van der Waals surface area contributed by atoms with E-state index in [4.69, 9.17) is 11.6 Å². The molecule has 0 aromatic carbocycles. The van der Waals surface area contributed by atoms with Crippen LogP contribution in [-0.2, 0) is 0 Å². The lowest BCUT2D eigenvalue weighted by Gasteiger charge is -2.33. The van der Waals surface area contributed by atoms with E-state index in [0.717, 1.165) is 24.4 Å². The van der Waals surface area contributed by atoms with Crippen molar-refractivity contribution in [2.45, 2.75) is 53.5 Å². The van der Waals surface area contributed by atoms with Gasteiger partial charge in [0.2, 0.25) is 0 Å². The van der Waals surface area contributed by atoms with Crippen LogP contribution in [0.25, 0.3) is 0 Å². The van der Waals surface area contributed by atoms with Crippen LogP contribution in [0.2, 0.25) is 0 Å². The van der Waals surface area contributed by atoms with Crippen molar-refractivity contribution in [2.24, 2.45) is 11.8 Å². The number of hydrogen-bond acceptors (Lipinski definition) is 1. The van der Waals surface area contributed by atoms with Crippen molar-refractivity contribution in [1.82, 2.24) is 4.90 Å². The van der Waals surface area contributed by atoms with Gasteiger partial charge in [-0.15, -0.1) is 11.6 Å². The minimum absolute atomic E-state index is 0.603. The fourth-order valence-electron chi connectivity index (χ4n) is 2.10. The van der Waals surface area contributed by atoms with Crippen molar-refractivity contribution in [1.29, 1.82) is 0 Å².